The summed E-state index contributed by atoms with van der Waals surface area (Å²) in [6.07, 6.45) is 21.1. The van der Waals surface area contributed by atoms with Crippen molar-refractivity contribution in [1.82, 2.24) is 0 Å². The molecular weight excluding hydrogens is 407 g/mol. The van der Waals surface area contributed by atoms with Crippen LogP contribution in [0.1, 0.15) is 142 Å². The number of aliphatic hydroxyl groups is 1. The fraction of sp³-hybridized carbons (Fsp3) is 1.00. The third-order valence-corrected chi connectivity index (χ3v) is 7.36. The zero-order chi connectivity index (χ0) is 21.8. The molecule has 4 nitrogen and oxygen atoms in total. The average Bonchev–Trinajstić information content (AvgIpc) is 2.68. The van der Waals surface area contributed by atoms with Gasteiger partial charge in [-0.05, 0) is 25.7 Å². The number of rotatable bonds is 22. The van der Waals surface area contributed by atoms with Crippen LogP contribution in [-0.2, 0) is 10.1 Å². The Morgan fingerprint density at radius 2 is 0.967 bits per heavy atom. The maximum absolute atomic E-state index is 11.5. The predicted molar refractivity (Wildman–Crippen MR) is 123 cm³/mol. The molecule has 2 unspecified atom stereocenters. The van der Waals surface area contributed by atoms with Gasteiger partial charge in [-0.15, -0.1) is 0 Å². The third kappa shape index (κ3) is 22.1. The Balaban J connectivity index is 0. The molecule has 0 rings (SSSR count). The molecule has 0 aliphatic rings. The van der Waals surface area contributed by atoms with Gasteiger partial charge in [-0.3, -0.25) is 0 Å². The minimum Gasteiger partial charge on any atom is -0.748 e. The van der Waals surface area contributed by atoms with Crippen LogP contribution < -0.4 is 29.6 Å². The number of unbranched alkanes of at least 4 members (excludes halogenated alkanes) is 14. The van der Waals surface area contributed by atoms with Crippen LogP contribution in [0, 0.1) is 0 Å². The van der Waals surface area contributed by atoms with Crippen LogP contribution in [0.25, 0.3) is 0 Å². The van der Waals surface area contributed by atoms with Crippen molar-refractivity contribution in [3.63, 3.8) is 0 Å². The molecule has 0 amide bonds. The smallest absolute Gasteiger partial charge is 0.748 e. The maximum Gasteiger partial charge on any atom is 1.00 e. The van der Waals surface area contributed by atoms with Gasteiger partial charge in [0, 0.05) is 5.25 Å². The van der Waals surface area contributed by atoms with Crippen LogP contribution in [0.15, 0.2) is 0 Å². The van der Waals surface area contributed by atoms with Crippen molar-refractivity contribution < 1.29 is 47.6 Å². The monoisotopic (exact) mass is 456 g/mol. The quantitative estimate of drug-likeness (QED) is 0.151. The van der Waals surface area contributed by atoms with Crippen molar-refractivity contribution in [1.29, 1.82) is 0 Å². The van der Waals surface area contributed by atoms with E-state index in [1.807, 2.05) is 6.92 Å². The Morgan fingerprint density at radius 3 is 1.30 bits per heavy atom. The summed E-state index contributed by atoms with van der Waals surface area (Å²) in [4.78, 5) is 0. The standard InChI is InChI=1S/C24H50O4S.Na/c1-3-5-6-7-8-9-12-15-18-21-24(29(26,27)28)22-19-16-13-10-11-14-17-20-23(25)4-2;/h23-25H,3-22H2,1-2H3,(H,26,27,28);/q;+1/p-1. The van der Waals surface area contributed by atoms with Crippen molar-refractivity contribution in [2.45, 2.75) is 154 Å². The zero-order valence-corrected chi connectivity index (χ0v) is 23.2. The summed E-state index contributed by atoms with van der Waals surface area (Å²) in [6.45, 7) is 4.23. The van der Waals surface area contributed by atoms with E-state index in [4.69, 9.17) is 0 Å². The Hall–Kier alpha value is 0.870. The van der Waals surface area contributed by atoms with E-state index in [0.29, 0.717) is 12.8 Å². The van der Waals surface area contributed by atoms with Crippen molar-refractivity contribution in [3.05, 3.63) is 0 Å². The molecule has 6 heteroatoms. The van der Waals surface area contributed by atoms with Gasteiger partial charge in [0.15, 0.2) is 0 Å². The second-order valence-corrected chi connectivity index (χ2v) is 10.5. The number of hydrogen-bond donors (Lipinski definition) is 1. The van der Waals surface area contributed by atoms with Gasteiger partial charge >= 0.3 is 29.6 Å². The van der Waals surface area contributed by atoms with Gasteiger partial charge < -0.3 is 9.66 Å². The molecule has 0 bridgehead atoms. The van der Waals surface area contributed by atoms with Crippen LogP contribution in [0.4, 0.5) is 0 Å². The molecular formula is C24H49NaO4S. The second kappa shape index (κ2) is 23.0. The van der Waals surface area contributed by atoms with Crippen LogP contribution in [0.2, 0.25) is 0 Å². The van der Waals surface area contributed by atoms with Gasteiger partial charge in [-0.1, -0.05) is 117 Å². The minimum absolute atomic E-state index is 0. The molecule has 176 valence electrons. The van der Waals surface area contributed by atoms with Gasteiger partial charge in [0.05, 0.1) is 16.2 Å². The Morgan fingerprint density at radius 1 is 0.633 bits per heavy atom. The molecule has 0 radical (unpaired) electrons. The van der Waals surface area contributed by atoms with Gasteiger partial charge in [-0.25, -0.2) is 8.42 Å². The topological polar surface area (TPSA) is 77.4 Å². The van der Waals surface area contributed by atoms with Crippen molar-refractivity contribution in [3.8, 4) is 0 Å². The normalized spacial score (nSPS) is 13.7. The molecule has 0 saturated heterocycles. The second-order valence-electron chi connectivity index (χ2n) is 8.85. The van der Waals surface area contributed by atoms with Gasteiger partial charge in [-0.2, -0.15) is 0 Å². The average molecular weight is 457 g/mol. The van der Waals surface area contributed by atoms with Crippen molar-refractivity contribution in [2.24, 2.45) is 0 Å². The minimum atomic E-state index is -4.16. The molecule has 1 N–H and O–H groups in total. The van der Waals surface area contributed by atoms with E-state index < -0.39 is 15.4 Å². The fourth-order valence-corrected chi connectivity index (χ4v) is 4.87. The third-order valence-electron chi connectivity index (χ3n) is 6.07. The summed E-state index contributed by atoms with van der Waals surface area (Å²) in [7, 11) is -4.16. The molecule has 0 spiro atoms. The number of hydrogen-bond acceptors (Lipinski definition) is 4. The Labute approximate surface area is 210 Å². The van der Waals surface area contributed by atoms with E-state index in [9.17, 15) is 18.1 Å². The van der Waals surface area contributed by atoms with E-state index in [1.165, 1.54) is 44.9 Å². The largest absolute Gasteiger partial charge is 1.00 e. The fourth-order valence-electron chi connectivity index (χ4n) is 3.96. The summed E-state index contributed by atoms with van der Waals surface area (Å²) < 4.78 is 34.6. The molecule has 0 saturated carbocycles. The van der Waals surface area contributed by atoms with Crippen molar-refractivity contribution >= 4 is 10.1 Å². The van der Waals surface area contributed by atoms with Gasteiger partial charge in [0.2, 0.25) is 0 Å². The van der Waals surface area contributed by atoms with Crippen LogP contribution in [0.3, 0.4) is 0 Å². The first-order chi connectivity index (χ1) is 13.9. The van der Waals surface area contributed by atoms with Gasteiger partial charge in [0.1, 0.15) is 0 Å². The van der Waals surface area contributed by atoms with E-state index in [1.54, 1.807) is 0 Å². The van der Waals surface area contributed by atoms with E-state index in [0.717, 1.165) is 70.6 Å². The summed E-state index contributed by atoms with van der Waals surface area (Å²) in [5, 5.41) is 8.84. The van der Waals surface area contributed by atoms with E-state index >= 15 is 0 Å². The van der Waals surface area contributed by atoms with Gasteiger partial charge in [0.25, 0.3) is 0 Å². The number of aliphatic hydroxyl groups excluding tert-OH is 1. The molecule has 0 aliphatic carbocycles. The van der Waals surface area contributed by atoms with Crippen LogP contribution >= 0.6 is 0 Å². The van der Waals surface area contributed by atoms with Crippen LogP contribution in [-0.4, -0.2) is 29.4 Å². The SMILES string of the molecule is CCCCCCCCCCCC(CCCCCCCCCC(O)CC)S(=O)(=O)[O-].[Na+]. The molecule has 30 heavy (non-hydrogen) atoms. The maximum atomic E-state index is 11.5. The zero-order valence-electron chi connectivity index (χ0n) is 20.4. The van der Waals surface area contributed by atoms with E-state index in [-0.39, 0.29) is 35.7 Å². The molecule has 0 aliphatic heterocycles. The predicted octanol–water partition coefficient (Wildman–Crippen LogP) is 4.11. The molecule has 0 aromatic heterocycles. The summed E-state index contributed by atoms with van der Waals surface area (Å²) >= 11 is 0. The summed E-state index contributed by atoms with van der Waals surface area (Å²) in [5.74, 6) is 0. The Bertz CT molecular complexity index is 442. The first-order valence-electron chi connectivity index (χ1n) is 12.5. The molecule has 2 atom stereocenters. The molecule has 0 heterocycles. The first-order valence-corrected chi connectivity index (χ1v) is 14.0. The summed E-state index contributed by atoms with van der Waals surface area (Å²) in [6, 6.07) is 0. The Kier molecular flexibility index (Phi) is 25.4. The molecule has 0 aromatic rings. The van der Waals surface area contributed by atoms with E-state index in [2.05, 4.69) is 6.92 Å². The van der Waals surface area contributed by atoms with Crippen LogP contribution in [0.5, 0.6) is 0 Å². The molecule has 0 fully saturated rings. The summed E-state index contributed by atoms with van der Waals surface area (Å²) in [5.41, 5.74) is 0. The van der Waals surface area contributed by atoms with Crippen molar-refractivity contribution in [2.75, 3.05) is 0 Å². The molecule has 0 aromatic carbocycles. The first kappa shape index (κ1) is 33.0.